The van der Waals surface area contributed by atoms with Crippen molar-refractivity contribution in [1.82, 2.24) is 0 Å². The van der Waals surface area contributed by atoms with Crippen LogP contribution in [0.4, 0.5) is 11.4 Å². The SMILES string of the molecule is CC(=O)c1ccc(-c2ccc(C=N)c(Nc3ccc(OC(C)C)cc3)c2)cc1. The molecular formula is C24H24N2O2. The van der Waals surface area contributed by atoms with Gasteiger partial charge in [0.15, 0.2) is 5.78 Å². The Labute approximate surface area is 165 Å². The summed E-state index contributed by atoms with van der Waals surface area (Å²) in [4.78, 5) is 11.5. The fourth-order valence-corrected chi connectivity index (χ4v) is 2.91. The van der Waals surface area contributed by atoms with Gasteiger partial charge in [0.1, 0.15) is 5.75 Å². The summed E-state index contributed by atoms with van der Waals surface area (Å²) >= 11 is 0. The van der Waals surface area contributed by atoms with Crippen LogP contribution in [0.15, 0.2) is 66.7 Å². The summed E-state index contributed by atoms with van der Waals surface area (Å²) in [7, 11) is 0. The van der Waals surface area contributed by atoms with Crippen LogP contribution in [0.3, 0.4) is 0 Å². The summed E-state index contributed by atoms with van der Waals surface area (Å²) < 4.78 is 5.68. The van der Waals surface area contributed by atoms with E-state index in [9.17, 15) is 4.79 Å². The van der Waals surface area contributed by atoms with E-state index in [1.807, 2.05) is 80.6 Å². The largest absolute Gasteiger partial charge is 0.491 e. The van der Waals surface area contributed by atoms with Crippen molar-refractivity contribution < 1.29 is 9.53 Å². The molecule has 28 heavy (non-hydrogen) atoms. The van der Waals surface area contributed by atoms with Crippen molar-refractivity contribution >= 4 is 23.4 Å². The van der Waals surface area contributed by atoms with Gasteiger partial charge in [-0.2, -0.15) is 0 Å². The molecular weight excluding hydrogens is 348 g/mol. The molecule has 142 valence electrons. The molecule has 3 aromatic carbocycles. The van der Waals surface area contributed by atoms with Gasteiger partial charge in [-0.1, -0.05) is 36.4 Å². The van der Waals surface area contributed by atoms with Crippen LogP contribution in [-0.4, -0.2) is 18.1 Å². The van der Waals surface area contributed by atoms with Gasteiger partial charge in [0.25, 0.3) is 0 Å². The molecule has 0 radical (unpaired) electrons. The average Bonchev–Trinajstić information content (AvgIpc) is 2.69. The Balaban J connectivity index is 1.87. The minimum absolute atomic E-state index is 0.0537. The molecule has 0 fully saturated rings. The van der Waals surface area contributed by atoms with Crippen molar-refractivity contribution in [1.29, 1.82) is 5.41 Å². The van der Waals surface area contributed by atoms with Crippen molar-refractivity contribution in [2.75, 3.05) is 5.32 Å². The lowest BCUT2D eigenvalue weighted by Crippen LogP contribution is -2.05. The van der Waals surface area contributed by atoms with Gasteiger partial charge in [-0.25, -0.2) is 0 Å². The highest BCUT2D eigenvalue weighted by Crippen LogP contribution is 2.28. The van der Waals surface area contributed by atoms with E-state index in [0.717, 1.165) is 33.8 Å². The summed E-state index contributed by atoms with van der Waals surface area (Å²) in [5.41, 5.74) is 5.30. The highest BCUT2D eigenvalue weighted by Gasteiger charge is 2.07. The number of ketones is 1. The van der Waals surface area contributed by atoms with Crippen LogP contribution in [0.1, 0.15) is 36.7 Å². The number of Topliss-reactive ketones (excluding diaryl/α,β-unsaturated/α-hetero) is 1. The molecule has 0 spiro atoms. The number of benzene rings is 3. The Hall–Kier alpha value is -3.40. The topological polar surface area (TPSA) is 62.2 Å². The van der Waals surface area contributed by atoms with E-state index in [1.54, 1.807) is 6.92 Å². The Bertz CT molecular complexity index is 974. The van der Waals surface area contributed by atoms with E-state index in [4.69, 9.17) is 10.1 Å². The minimum atomic E-state index is 0.0537. The molecule has 4 heteroatoms. The van der Waals surface area contributed by atoms with E-state index in [1.165, 1.54) is 6.21 Å². The van der Waals surface area contributed by atoms with E-state index in [-0.39, 0.29) is 11.9 Å². The number of rotatable bonds is 7. The van der Waals surface area contributed by atoms with Crippen molar-refractivity contribution in [3.63, 3.8) is 0 Å². The predicted octanol–water partition coefficient (Wildman–Crippen LogP) is 6.08. The van der Waals surface area contributed by atoms with Gasteiger partial charge in [-0.15, -0.1) is 0 Å². The van der Waals surface area contributed by atoms with E-state index < -0.39 is 0 Å². The number of carbonyl (C=O) groups is 1. The molecule has 0 heterocycles. The number of hydrogen-bond acceptors (Lipinski definition) is 4. The maximum absolute atomic E-state index is 11.5. The second-order valence-electron chi connectivity index (χ2n) is 6.90. The minimum Gasteiger partial charge on any atom is -0.491 e. The molecule has 0 aliphatic rings. The van der Waals surface area contributed by atoms with Crippen LogP contribution < -0.4 is 10.1 Å². The molecule has 0 unspecified atom stereocenters. The number of ether oxygens (including phenoxy) is 1. The highest BCUT2D eigenvalue weighted by molar-refractivity contribution is 5.95. The third kappa shape index (κ3) is 4.65. The van der Waals surface area contributed by atoms with Crippen LogP contribution in [0, 0.1) is 5.41 Å². The zero-order chi connectivity index (χ0) is 20.1. The molecule has 4 nitrogen and oxygen atoms in total. The van der Waals surface area contributed by atoms with E-state index in [0.29, 0.717) is 5.56 Å². The molecule has 3 aromatic rings. The molecule has 0 saturated carbocycles. The summed E-state index contributed by atoms with van der Waals surface area (Å²) in [5.74, 6) is 0.880. The molecule has 0 aliphatic carbocycles. The molecule has 0 bridgehead atoms. The number of nitrogens with one attached hydrogen (secondary N) is 2. The Morgan fingerprint density at radius 1 is 0.964 bits per heavy atom. The number of carbonyl (C=O) groups excluding carboxylic acids is 1. The first-order chi connectivity index (χ1) is 13.5. The smallest absolute Gasteiger partial charge is 0.159 e. The van der Waals surface area contributed by atoms with Crippen LogP contribution in [0.5, 0.6) is 5.75 Å². The van der Waals surface area contributed by atoms with Crippen molar-refractivity contribution in [2.45, 2.75) is 26.9 Å². The first kappa shape index (κ1) is 19.4. The monoisotopic (exact) mass is 372 g/mol. The lowest BCUT2D eigenvalue weighted by atomic mass is 10.0. The zero-order valence-electron chi connectivity index (χ0n) is 16.3. The van der Waals surface area contributed by atoms with Crippen LogP contribution in [0.25, 0.3) is 11.1 Å². The molecule has 0 atom stereocenters. The summed E-state index contributed by atoms with van der Waals surface area (Å²) in [5, 5.41) is 11.1. The van der Waals surface area contributed by atoms with Crippen LogP contribution in [0.2, 0.25) is 0 Å². The van der Waals surface area contributed by atoms with E-state index >= 15 is 0 Å². The molecule has 3 rings (SSSR count). The van der Waals surface area contributed by atoms with Gasteiger partial charge in [0.2, 0.25) is 0 Å². The third-order valence-electron chi connectivity index (χ3n) is 4.34. The van der Waals surface area contributed by atoms with Gasteiger partial charge in [-0.05, 0) is 62.2 Å². The number of hydrogen-bond donors (Lipinski definition) is 2. The van der Waals surface area contributed by atoms with Crippen molar-refractivity contribution in [3.8, 4) is 16.9 Å². The first-order valence-electron chi connectivity index (χ1n) is 9.26. The number of anilines is 2. The Kier molecular flexibility index (Phi) is 5.90. The van der Waals surface area contributed by atoms with Gasteiger partial charge in [0.05, 0.1) is 6.10 Å². The Morgan fingerprint density at radius 3 is 2.18 bits per heavy atom. The fraction of sp³-hybridized carbons (Fsp3) is 0.167. The molecule has 0 amide bonds. The second-order valence-corrected chi connectivity index (χ2v) is 6.90. The molecule has 2 N–H and O–H groups in total. The second kappa shape index (κ2) is 8.53. The Morgan fingerprint density at radius 2 is 1.61 bits per heavy atom. The normalized spacial score (nSPS) is 10.6. The average molecular weight is 372 g/mol. The lowest BCUT2D eigenvalue weighted by molar-refractivity contribution is 0.101. The van der Waals surface area contributed by atoms with Crippen LogP contribution >= 0.6 is 0 Å². The maximum Gasteiger partial charge on any atom is 0.159 e. The highest BCUT2D eigenvalue weighted by atomic mass is 16.5. The third-order valence-corrected chi connectivity index (χ3v) is 4.34. The van der Waals surface area contributed by atoms with Gasteiger partial charge < -0.3 is 15.5 Å². The fourth-order valence-electron chi connectivity index (χ4n) is 2.91. The van der Waals surface area contributed by atoms with E-state index in [2.05, 4.69) is 5.32 Å². The standard InChI is InChI=1S/C24H24N2O2/c1-16(2)28-23-12-10-22(11-13-23)26-24-14-20(8-9-21(24)15-25)19-6-4-18(5-7-19)17(3)27/h4-16,25-26H,1-3H3. The summed E-state index contributed by atoms with van der Waals surface area (Å²) in [6.07, 6.45) is 1.47. The molecule has 0 saturated heterocycles. The molecule has 0 aromatic heterocycles. The predicted molar refractivity (Wildman–Crippen MR) is 115 cm³/mol. The van der Waals surface area contributed by atoms with Gasteiger partial charge in [0, 0.05) is 28.7 Å². The van der Waals surface area contributed by atoms with Crippen molar-refractivity contribution in [2.24, 2.45) is 0 Å². The summed E-state index contributed by atoms with van der Waals surface area (Å²) in [6.45, 7) is 5.56. The van der Waals surface area contributed by atoms with Crippen LogP contribution in [-0.2, 0) is 0 Å². The van der Waals surface area contributed by atoms with Crippen molar-refractivity contribution in [3.05, 3.63) is 77.9 Å². The van der Waals surface area contributed by atoms with Gasteiger partial charge >= 0.3 is 0 Å². The lowest BCUT2D eigenvalue weighted by Gasteiger charge is -2.14. The summed E-state index contributed by atoms with van der Waals surface area (Å²) in [6, 6.07) is 21.2. The van der Waals surface area contributed by atoms with Gasteiger partial charge in [-0.3, -0.25) is 4.79 Å². The maximum atomic E-state index is 11.5. The zero-order valence-corrected chi connectivity index (χ0v) is 16.3. The molecule has 0 aliphatic heterocycles. The quantitative estimate of drug-likeness (QED) is 0.390. The first-order valence-corrected chi connectivity index (χ1v) is 9.26.